The van der Waals surface area contributed by atoms with Crippen molar-refractivity contribution in [2.75, 3.05) is 31.5 Å². The average Bonchev–Trinajstić information content (AvgIpc) is 3.11. The molecule has 0 aromatic heterocycles. The summed E-state index contributed by atoms with van der Waals surface area (Å²) in [5.74, 6) is -0.304. The lowest BCUT2D eigenvalue weighted by Gasteiger charge is -2.34. The van der Waals surface area contributed by atoms with Gasteiger partial charge >= 0.3 is 6.03 Å². The first kappa shape index (κ1) is 15.6. The Bertz CT molecular complexity index is 584. The van der Waals surface area contributed by atoms with Gasteiger partial charge in [-0.3, -0.25) is 4.79 Å². The van der Waals surface area contributed by atoms with Gasteiger partial charge in [-0.15, -0.1) is 0 Å². The standard InChI is InChI=1S/C17H23N3O3/c21-15-8-2-1-7-14(15)18-16(22)13-6-5-11-20(12-13)17(23)19-9-3-4-10-19/h1-2,7-8,13,21H,3-6,9-12H2,(H,18,22)/t13-/m1/s1. The van der Waals surface area contributed by atoms with Gasteiger partial charge in [0.15, 0.2) is 0 Å². The molecule has 1 atom stereocenters. The number of phenolic OH excluding ortho intramolecular Hbond substituents is 1. The molecule has 3 amide bonds. The first-order valence-electron chi connectivity index (χ1n) is 8.28. The molecule has 0 aliphatic carbocycles. The van der Waals surface area contributed by atoms with E-state index >= 15 is 0 Å². The average molecular weight is 317 g/mol. The van der Waals surface area contributed by atoms with Gasteiger partial charge in [-0.05, 0) is 37.8 Å². The van der Waals surface area contributed by atoms with Crippen LogP contribution in [0.1, 0.15) is 25.7 Å². The molecule has 0 bridgehead atoms. The SMILES string of the molecule is O=C(Nc1ccccc1O)[C@@H]1CCCN(C(=O)N2CCCC2)C1. The number of benzene rings is 1. The molecule has 1 aromatic carbocycles. The Morgan fingerprint density at radius 1 is 1.04 bits per heavy atom. The van der Waals surface area contributed by atoms with E-state index in [0.29, 0.717) is 12.2 Å². The molecule has 6 nitrogen and oxygen atoms in total. The first-order chi connectivity index (χ1) is 11.1. The number of aromatic hydroxyl groups is 1. The van der Waals surface area contributed by atoms with Crippen LogP contribution in [0.15, 0.2) is 24.3 Å². The van der Waals surface area contributed by atoms with Crippen LogP contribution in [0.25, 0.3) is 0 Å². The first-order valence-corrected chi connectivity index (χ1v) is 8.28. The van der Waals surface area contributed by atoms with Crippen molar-refractivity contribution in [3.05, 3.63) is 24.3 Å². The molecule has 1 aromatic rings. The summed E-state index contributed by atoms with van der Waals surface area (Å²) >= 11 is 0. The Hall–Kier alpha value is -2.24. The van der Waals surface area contributed by atoms with Crippen molar-refractivity contribution in [2.24, 2.45) is 5.92 Å². The second kappa shape index (κ2) is 6.89. The summed E-state index contributed by atoms with van der Waals surface area (Å²) in [5, 5.41) is 12.5. The predicted octanol–water partition coefficient (Wildman–Crippen LogP) is 2.26. The molecule has 2 fully saturated rings. The largest absolute Gasteiger partial charge is 0.506 e. The molecule has 124 valence electrons. The summed E-state index contributed by atoms with van der Waals surface area (Å²) in [4.78, 5) is 28.6. The number of amides is 3. The normalized spacial score (nSPS) is 21.3. The maximum absolute atomic E-state index is 12.5. The highest BCUT2D eigenvalue weighted by atomic mass is 16.3. The van der Waals surface area contributed by atoms with Crippen molar-refractivity contribution in [1.29, 1.82) is 0 Å². The smallest absolute Gasteiger partial charge is 0.320 e. The summed E-state index contributed by atoms with van der Waals surface area (Å²) in [7, 11) is 0. The molecule has 2 aliphatic heterocycles. The highest BCUT2D eigenvalue weighted by Crippen LogP contribution is 2.25. The van der Waals surface area contributed by atoms with Crippen molar-refractivity contribution < 1.29 is 14.7 Å². The minimum absolute atomic E-state index is 0.0571. The van der Waals surface area contributed by atoms with Crippen LogP contribution >= 0.6 is 0 Å². The fourth-order valence-corrected chi connectivity index (χ4v) is 3.29. The number of carbonyl (C=O) groups excluding carboxylic acids is 2. The van der Waals surface area contributed by atoms with Crippen LogP contribution in [-0.2, 0) is 4.79 Å². The lowest BCUT2D eigenvalue weighted by molar-refractivity contribution is -0.121. The van der Waals surface area contributed by atoms with Crippen LogP contribution in [-0.4, -0.2) is 53.0 Å². The molecule has 2 aliphatic rings. The monoisotopic (exact) mass is 317 g/mol. The summed E-state index contributed by atoms with van der Waals surface area (Å²) < 4.78 is 0. The number of likely N-dealkylation sites (tertiary alicyclic amines) is 2. The number of nitrogens with zero attached hydrogens (tertiary/aromatic N) is 2. The zero-order chi connectivity index (χ0) is 16.2. The molecule has 2 saturated heterocycles. The molecule has 0 spiro atoms. The number of urea groups is 1. The van der Waals surface area contributed by atoms with E-state index in [-0.39, 0.29) is 23.6 Å². The Labute approximate surface area is 136 Å². The fraction of sp³-hybridized carbons (Fsp3) is 0.529. The Balaban J connectivity index is 1.60. The predicted molar refractivity (Wildman–Crippen MR) is 87.2 cm³/mol. The number of hydrogen-bond acceptors (Lipinski definition) is 3. The van der Waals surface area contributed by atoms with Gasteiger partial charge in [0.2, 0.25) is 5.91 Å². The van der Waals surface area contributed by atoms with Crippen LogP contribution in [0.2, 0.25) is 0 Å². The van der Waals surface area contributed by atoms with Gasteiger partial charge in [0.25, 0.3) is 0 Å². The number of nitrogens with one attached hydrogen (secondary N) is 1. The summed E-state index contributed by atoms with van der Waals surface area (Å²) in [6, 6.07) is 6.74. The number of hydrogen-bond donors (Lipinski definition) is 2. The van der Waals surface area contributed by atoms with Gasteiger partial charge in [0.05, 0.1) is 11.6 Å². The summed E-state index contributed by atoms with van der Waals surface area (Å²) in [6.07, 6.45) is 3.73. The summed E-state index contributed by atoms with van der Waals surface area (Å²) in [6.45, 7) is 2.82. The van der Waals surface area contributed by atoms with Crippen molar-refractivity contribution in [3.8, 4) is 5.75 Å². The zero-order valence-electron chi connectivity index (χ0n) is 13.2. The minimum atomic E-state index is -0.227. The topological polar surface area (TPSA) is 72.9 Å². The number of rotatable bonds is 2. The third kappa shape index (κ3) is 3.57. The fourth-order valence-electron chi connectivity index (χ4n) is 3.29. The van der Waals surface area contributed by atoms with Gasteiger partial charge < -0.3 is 20.2 Å². The van der Waals surface area contributed by atoms with Gasteiger partial charge in [-0.2, -0.15) is 0 Å². The van der Waals surface area contributed by atoms with Crippen molar-refractivity contribution in [3.63, 3.8) is 0 Å². The van der Waals surface area contributed by atoms with E-state index in [1.54, 1.807) is 29.2 Å². The molecule has 3 rings (SSSR count). The number of para-hydroxylation sites is 2. The van der Waals surface area contributed by atoms with Gasteiger partial charge in [-0.25, -0.2) is 4.79 Å². The highest BCUT2D eigenvalue weighted by molar-refractivity contribution is 5.94. The van der Waals surface area contributed by atoms with Crippen LogP contribution in [0.3, 0.4) is 0 Å². The lowest BCUT2D eigenvalue weighted by Crippen LogP contribution is -2.48. The lowest BCUT2D eigenvalue weighted by atomic mass is 9.97. The van der Waals surface area contributed by atoms with Gasteiger partial charge in [-0.1, -0.05) is 12.1 Å². The van der Waals surface area contributed by atoms with E-state index < -0.39 is 0 Å². The van der Waals surface area contributed by atoms with E-state index in [9.17, 15) is 14.7 Å². The van der Waals surface area contributed by atoms with E-state index in [2.05, 4.69) is 5.32 Å². The maximum atomic E-state index is 12.5. The van der Waals surface area contributed by atoms with E-state index in [0.717, 1.165) is 45.3 Å². The number of piperidine rings is 1. The Morgan fingerprint density at radius 3 is 2.48 bits per heavy atom. The molecule has 6 heteroatoms. The molecule has 0 radical (unpaired) electrons. The maximum Gasteiger partial charge on any atom is 0.320 e. The van der Waals surface area contributed by atoms with E-state index in [1.807, 2.05) is 4.90 Å². The minimum Gasteiger partial charge on any atom is -0.506 e. The molecular weight excluding hydrogens is 294 g/mol. The molecular formula is C17H23N3O3. The van der Waals surface area contributed by atoms with E-state index in [1.165, 1.54) is 0 Å². The van der Waals surface area contributed by atoms with Crippen molar-refractivity contribution in [2.45, 2.75) is 25.7 Å². The van der Waals surface area contributed by atoms with Crippen LogP contribution < -0.4 is 5.32 Å². The molecule has 23 heavy (non-hydrogen) atoms. The second-order valence-corrected chi connectivity index (χ2v) is 6.27. The quantitative estimate of drug-likeness (QED) is 0.822. The number of anilines is 1. The summed E-state index contributed by atoms with van der Waals surface area (Å²) in [5.41, 5.74) is 0.417. The van der Waals surface area contributed by atoms with Gasteiger partial charge in [0.1, 0.15) is 5.75 Å². The molecule has 0 saturated carbocycles. The number of phenols is 1. The van der Waals surface area contributed by atoms with Gasteiger partial charge in [0, 0.05) is 26.2 Å². The zero-order valence-corrected chi connectivity index (χ0v) is 13.2. The Kier molecular flexibility index (Phi) is 4.69. The van der Waals surface area contributed by atoms with Crippen molar-refractivity contribution in [1.82, 2.24) is 9.80 Å². The van der Waals surface area contributed by atoms with Crippen LogP contribution in [0.5, 0.6) is 5.75 Å². The van der Waals surface area contributed by atoms with Crippen LogP contribution in [0, 0.1) is 5.92 Å². The van der Waals surface area contributed by atoms with Crippen LogP contribution in [0.4, 0.5) is 10.5 Å². The second-order valence-electron chi connectivity index (χ2n) is 6.27. The molecule has 2 N–H and O–H groups in total. The van der Waals surface area contributed by atoms with Crippen molar-refractivity contribution >= 4 is 17.6 Å². The Morgan fingerprint density at radius 2 is 1.74 bits per heavy atom. The van der Waals surface area contributed by atoms with E-state index in [4.69, 9.17) is 0 Å². The third-order valence-electron chi connectivity index (χ3n) is 4.60. The molecule has 0 unspecified atom stereocenters. The highest BCUT2D eigenvalue weighted by Gasteiger charge is 2.31. The number of carbonyl (C=O) groups is 2. The molecule has 2 heterocycles. The third-order valence-corrected chi connectivity index (χ3v) is 4.60.